The minimum Gasteiger partial charge on any atom is -0.395 e. The predicted octanol–water partition coefficient (Wildman–Crippen LogP) is 2.53. The van der Waals surface area contributed by atoms with E-state index in [0.29, 0.717) is 13.0 Å². The second-order valence-corrected chi connectivity index (χ2v) is 7.14. The molecular weight excluding hydrogens is 309 g/mol. The number of piperidine rings is 1. The standard InChI is InChI=1S/C12H15Cl2NO3S/c13-10-5-3-6-11(14)12(10)19(17,18)15-7-2-1-4-9(15)8-16/h3,5-6,9,16H,1-2,4,7-8H2. The molecule has 0 aliphatic carbocycles. The van der Waals surface area contributed by atoms with Gasteiger partial charge in [0.1, 0.15) is 4.90 Å². The van der Waals surface area contributed by atoms with Gasteiger partial charge in [0, 0.05) is 12.6 Å². The van der Waals surface area contributed by atoms with E-state index in [1.807, 2.05) is 0 Å². The highest BCUT2D eigenvalue weighted by atomic mass is 35.5. The zero-order valence-corrected chi connectivity index (χ0v) is 12.5. The molecule has 1 unspecified atom stereocenters. The lowest BCUT2D eigenvalue weighted by Gasteiger charge is -2.33. The first kappa shape index (κ1) is 15.1. The first-order valence-corrected chi connectivity index (χ1v) is 8.25. The van der Waals surface area contributed by atoms with E-state index < -0.39 is 16.1 Å². The molecule has 19 heavy (non-hydrogen) atoms. The monoisotopic (exact) mass is 323 g/mol. The third-order valence-corrected chi connectivity index (χ3v) is 6.18. The van der Waals surface area contributed by atoms with Crippen LogP contribution in [0.25, 0.3) is 0 Å². The molecule has 1 aliphatic rings. The lowest BCUT2D eigenvalue weighted by atomic mass is 10.1. The third-order valence-electron chi connectivity index (χ3n) is 3.27. The van der Waals surface area contributed by atoms with Gasteiger partial charge in [-0.15, -0.1) is 0 Å². The maximum absolute atomic E-state index is 12.6. The molecule has 1 atom stereocenters. The van der Waals surface area contributed by atoms with Crippen LogP contribution in [-0.4, -0.2) is 37.0 Å². The van der Waals surface area contributed by atoms with E-state index in [1.54, 1.807) is 6.07 Å². The first-order chi connectivity index (χ1) is 8.98. The quantitative estimate of drug-likeness (QED) is 0.929. The summed E-state index contributed by atoms with van der Waals surface area (Å²) in [4.78, 5) is -0.0707. The Labute approximate surface area is 123 Å². The van der Waals surface area contributed by atoms with Crippen molar-refractivity contribution in [3.63, 3.8) is 0 Å². The molecule has 4 nitrogen and oxygen atoms in total. The maximum Gasteiger partial charge on any atom is 0.246 e. The maximum atomic E-state index is 12.6. The molecule has 0 saturated carbocycles. The van der Waals surface area contributed by atoms with E-state index in [-0.39, 0.29) is 21.5 Å². The largest absolute Gasteiger partial charge is 0.395 e. The molecule has 0 radical (unpaired) electrons. The number of benzene rings is 1. The Morgan fingerprint density at radius 2 is 1.89 bits per heavy atom. The molecule has 1 saturated heterocycles. The SMILES string of the molecule is O=S(=O)(c1c(Cl)cccc1Cl)N1CCCCC1CO. The van der Waals surface area contributed by atoms with Crippen LogP contribution < -0.4 is 0 Å². The van der Waals surface area contributed by atoms with Crippen LogP contribution in [0.4, 0.5) is 0 Å². The summed E-state index contributed by atoms with van der Waals surface area (Å²) in [6, 6.07) is 4.20. The summed E-state index contributed by atoms with van der Waals surface area (Å²) in [5.74, 6) is 0. The minimum absolute atomic E-state index is 0.0707. The fraction of sp³-hybridized carbons (Fsp3) is 0.500. The summed E-state index contributed by atoms with van der Waals surface area (Å²) < 4.78 is 26.6. The van der Waals surface area contributed by atoms with Gasteiger partial charge < -0.3 is 5.11 Å². The molecule has 1 aliphatic heterocycles. The minimum atomic E-state index is -3.78. The van der Waals surface area contributed by atoms with Crippen molar-refractivity contribution in [1.82, 2.24) is 4.31 Å². The Kier molecular flexibility index (Phi) is 4.74. The second kappa shape index (κ2) is 5.97. The molecule has 1 aromatic carbocycles. The van der Waals surface area contributed by atoms with Crippen molar-refractivity contribution < 1.29 is 13.5 Å². The number of nitrogens with zero attached hydrogens (tertiary/aromatic N) is 1. The Morgan fingerprint density at radius 3 is 2.47 bits per heavy atom. The Balaban J connectivity index is 2.47. The normalized spacial score (nSPS) is 21.5. The van der Waals surface area contributed by atoms with Crippen LogP contribution in [-0.2, 0) is 10.0 Å². The van der Waals surface area contributed by atoms with Crippen molar-refractivity contribution in [3.05, 3.63) is 28.2 Å². The van der Waals surface area contributed by atoms with Crippen molar-refractivity contribution in [1.29, 1.82) is 0 Å². The first-order valence-electron chi connectivity index (χ1n) is 6.05. The highest BCUT2D eigenvalue weighted by molar-refractivity contribution is 7.89. The van der Waals surface area contributed by atoms with Crippen molar-refractivity contribution in [2.24, 2.45) is 0 Å². The van der Waals surface area contributed by atoms with Gasteiger partial charge in [-0.1, -0.05) is 35.7 Å². The van der Waals surface area contributed by atoms with Gasteiger partial charge in [-0.3, -0.25) is 0 Å². The highest BCUT2D eigenvalue weighted by Gasteiger charge is 2.35. The van der Waals surface area contributed by atoms with Gasteiger partial charge in [0.15, 0.2) is 0 Å². The number of rotatable bonds is 3. The van der Waals surface area contributed by atoms with Gasteiger partial charge in [-0.25, -0.2) is 8.42 Å². The van der Waals surface area contributed by atoms with E-state index in [0.717, 1.165) is 12.8 Å². The zero-order chi connectivity index (χ0) is 14.0. The molecule has 0 aromatic heterocycles. The molecule has 0 bridgehead atoms. The van der Waals surface area contributed by atoms with Crippen LogP contribution >= 0.6 is 23.2 Å². The lowest BCUT2D eigenvalue weighted by molar-refractivity contribution is 0.155. The van der Waals surface area contributed by atoms with E-state index >= 15 is 0 Å². The smallest absolute Gasteiger partial charge is 0.246 e. The fourth-order valence-electron chi connectivity index (χ4n) is 2.32. The Morgan fingerprint density at radius 1 is 1.26 bits per heavy atom. The molecule has 1 fully saturated rings. The van der Waals surface area contributed by atoms with Gasteiger partial charge >= 0.3 is 0 Å². The van der Waals surface area contributed by atoms with E-state index in [4.69, 9.17) is 23.2 Å². The molecule has 1 heterocycles. The van der Waals surface area contributed by atoms with E-state index in [2.05, 4.69) is 0 Å². The van der Waals surface area contributed by atoms with Crippen LogP contribution in [0.1, 0.15) is 19.3 Å². The molecule has 0 amide bonds. The number of hydrogen-bond acceptors (Lipinski definition) is 3. The van der Waals surface area contributed by atoms with Crippen LogP contribution in [0.15, 0.2) is 23.1 Å². The Hall–Kier alpha value is -0.330. The summed E-state index contributed by atoms with van der Waals surface area (Å²) in [6.07, 6.45) is 2.34. The molecule has 106 valence electrons. The van der Waals surface area contributed by atoms with E-state index in [9.17, 15) is 13.5 Å². The van der Waals surface area contributed by atoms with Gasteiger partial charge in [-0.05, 0) is 25.0 Å². The van der Waals surface area contributed by atoms with Crippen LogP contribution in [0.3, 0.4) is 0 Å². The van der Waals surface area contributed by atoms with Crippen molar-refractivity contribution in [2.45, 2.75) is 30.2 Å². The molecular formula is C12H15Cl2NO3S. The van der Waals surface area contributed by atoms with Crippen LogP contribution in [0.5, 0.6) is 0 Å². The number of aliphatic hydroxyl groups is 1. The van der Waals surface area contributed by atoms with Crippen LogP contribution in [0.2, 0.25) is 10.0 Å². The number of halogens is 2. The number of aliphatic hydroxyl groups excluding tert-OH is 1. The lowest BCUT2D eigenvalue weighted by Crippen LogP contribution is -2.45. The highest BCUT2D eigenvalue weighted by Crippen LogP contribution is 2.34. The fourth-order valence-corrected chi connectivity index (χ4v) is 5.10. The summed E-state index contributed by atoms with van der Waals surface area (Å²) in [5, 5.41) is 9.55. The average Bonchev–Trinajstić information content (AvgIpc) is 2.38. The molecule has 1 N–H and O–H groups in total. The van der Waals surface area contributed by atoms with Crippen molar-refractivity contribution in [2.75, 3.05) is 13.2 Å². The Bertz CT molecular complexity index is 542. The van der Waals surface area contributed by atoms with Crippen LogP contribution in [0, 0.1) is 0 Å². The molecule has 1 aromatic rings. The van der Waals surface area contributed by atoms with E-state index in [1.165, 1.54) is 16.4 Å². The second-order valence-electron chi connectivity index (χ2n) is 4.50. The topological polar surface area (TPSA) is 57.6 Å². The summed E-state index contributed by atoms with van der Waals surface area (Å²) in [7, 11) is -3.78. The zero-order valence-electron chi connectivity index (χ0n) is 10.2. The van der Waals surface area contributed by atoms with Crippen molar-refractivity contribution >= 4 is 33.2 Å². The predicted molar refractivity (Wildman–Crippen MR) is 75.1 cm³/mol. The molecule has 2 rings (SSSR count). The number of hydrogen-bond donors (Lipinski definition) is 1. The van der Waals surface area contributed by atoms with Gasteiger partial charge in [0.05, 0.1) is 16.7 Å². The van der Waals surface area contributed by atoms with Crippen molar-refractivity contribution in [3.8, 4) is 0 Å². The molecule has 0 spiro atoms. The third kappa shape index (κ3) is 2.90. The summed E-state index contributed by atoms with van der Waals surface area (Å²) in [5.41, 5.74) is 0. The summed E-state index contributed by atoms with van der Waals surface area (Å²) in [6.45, 7) is 0.191. The summed E-state index contributed by atoms with van der Waals surface area (Å²) >= 11 is 11.9. The van der Waals surface area contributed by atoms with Gasteiger partial charge in [-0.2, -0.15) is 4.31 Å². The van der Waals surface area contributed by atoms with Gasteiger partial charge in [0.25, 0.3) is 0 Å². The number of sulfonamides is 1. The molecule has 7 heteroatoms. The average molecular weight is 324 g/mol. The van der Waals surface area contributed by atoms with Gasteiger partial charge in [0.2, 0.25) is 10.0 Å².